The maximum absolute atomic E-state index is 13.3. The molecule has 0 atom stereocenters. The largest absolute Gasteiger partial charge is 0.454 e. The van der Waals surface area contributed by atoms with E-state index in [1.165, 1.54) is 39.9 Å². The number of benzene rings is 3. The highest BCUT2D eigenvalue weighted by Gasteiger charge is 2.30. The molecule has 0 fully saturated rings. The molecule has 1 aromatic heterocycles. The topological polar surface area (TPSA) is 109 Å². The fourth-order valence-corrected chi connectivity index (χ4v) is 7.51. The van der Waals surface area contributed by atoms with Crippen molar-refractivity contribution in [3.8, 4) is 17.6 Å². The summed E-state index contributed by atoms with van der Waals surface area (Å²) in [7, 11) is -3.76. The average molecular weight is 558 g/mol. The average Bonchev–Trinajstić information content (AvgIpc) is 3.66. The third kappa shape index (κ3) is 4.50. The Morgan fingerprint density at radius 2 is 1.85 bits per heavy atom. The Kier molecular flexibility index (Phi) is 6.25. The number of carbonyl (C=O) groups excluding carboxylic acids is 1. The van der Waals surface area contributed by atoms with Gasteiger partial charge >= 0.3 is 0 Å². The summed E-state index contributed by atoms with van der Waals surface area (Å²) < 4.78 is 38.8. The Morgan fingerprint density at radius 1 is 1.08 bits per heavy atom. The number of anilines is 2. The zero-order valence-electron chi connectivity index (χ0n) is 20.9. The van der Waals surface area contributed by atoms with Crippen molar-refractivity contribution in [2.75, 3.05) is 23.0 Å². The number of thiophene rings is 1. The smallest absolute Gasteiger partial charge is 0.264 e. The van der Waals surface area contributed by atoms with Crippen molar-refractivity contribution in [1.82, 2.24) is 0 Å². The van der Waals surface area contributed by atoms with Crippen molar-refractivity contribution in [1.29, 1.82) is 5.26 Å². The molecule has 2 aliphatic heterocycles. The van der Waals surface area contributed by atoms with E-state index in [0.717, 1.165) is 21.6 Å². The molecule has 3 heterocycles. The molecule has 0 saturated carbocycles. The van der Waals surface area contributed by atoms with Crippen molar-refractivity contribution in [3.63, 3.8) is 0 Å². The minimum atomic E-state index is -3.76. The maximum Gasteiger partial charge on any atom is 0.264 e. The normalized spacial score (nSPS) is 13.7. The SMILES string of the molecule is Cc1c(Cc2ccc3c(c2)OCO3)sc(NC(=O)c2ccc(S(=O)(=O)N3CCc4ccccc43)cc2)c1C#N. The van der Waals surface area contributed by atoms with Gasteiger partial charge in [0.05, 0.1) is 16.1 Å². The summed E-state index contributed by atoms with van der Waals surface area (Å²) in [6, 6.07) is 21.3. The minimum Gasteiger partial charge on any atom is -0.454 e. The van der Waals surface area contributed by atoms with Gasteiger partial charge in [-0.25, -0.2) is 8.42 Å². The highest BCUT2D eigenvalue weighted by molar-refractivity contribution is 7.92. The number of sulfonamides is 1. The first-order valence-electron chi connectivity index (χ1n) is 12.3. The van der Waals surface area contributed by atoms with Crippen LogP contribution in [0.4, 0.5) is 10.7 Å². The van der Waals surface area contributed by atoms with E-state index in [-0.39, 0.29) is 11.7 Å². The van der Waals surface area contributed by atoms with Gasteiger partial charge in [-0.05, 0) is 72.5 Å². The molecule has 0 radical (unpaired) electrons. The molecule has 2 aliphatic rings. The summed E-state index contributed by atoms with van der Waals surface area (Å²) >= 11 is 1.35. The Bertz CT molecular complexity index is 1750. The van der Waals surface area contributed by atoms with E-state index in [0.29, 0.717) is 52.7 Å². The Labute approximate surface area is 230 Å². The van der Waals surface area contributed by atoms with Gasteiger partial charge < -0.3 is 14.8 Å². The summed E-state index contributed by atoms with van der Waals surface area (Å²) in [5, 5.41) is 13.1. The van der Waals surface area contributed by atoms with Crippen LogP contribution in [0.15, 0.2) is 71.6 Å². The van der Waals surface area contributed by atoms with Gasteiger partial charge in [-0.2, -0.15) is 5.26 Å². The lowest BCUT2D eigenvalue weighted by molar-refractivity contribution is 0.102. The first-order valence-corrected chi connectivity index (χ1v) is 14.5. The predicted octanol–water partition coefficient (Wildman–Crippen LogP) is 5.25. The third-order valence-electron chi connectivity index (χ3n) is 6.94. The van der Waals surface area contributed by atoms with Crippen molar-refractivity contribution in [2.45, 2.75) is 24.7 Å². The molecule has 0 unspecified atom stereocenters. The molecule has 10 heteroatoms. The summed E-state index contributed by atoms with van der Waals surface area (Å²) in [5.41, 5.74) is 4.20. The standard InChI is InChI=1S/C29H23N3O5S2/c1-18-23(16-30)29(38-27(18)15-19-6-11-25-26(14-19)37-17-36-25)31-28(33)21-7-9-22(10-8-21)39(34,35)32-13-12-20-4-2-3-5-24(20)32/h2-11,14H,12-13,15,17H2,1H3,(H,31,33). The first kappa shape index (κ1) is 25.0. The van der Waals surface area contributed by atoms with Crippen molar-refractivity contribution in [2.24, 2.45) is 0 Å². The number of nitrogens with zero attached hydrogens (tertiary/aromatic N) is 2. The molecule has 8 nitrogen and oxygen atoms in total. The molecule has 1 amide bonds. The molecule has 1 N–H and O–H groups in total. The molecule has 0 aliphatic carbocycles. The second-order valence-corrected chi connectivity index (χ2v) is 12.2. The van der Waals surface area contributed by atoms with E-state index in [2.05, 4.69) is 11.4 Å². The van der Waals surface area contributed by atoms with Gasteiger partial charge in [-0.1, -0.05) is 24.3 Å². The van der Waals surface area contributed by atoms with Gasteiger partial charge in [-0.3, -0.25) is 9.10 Å². The van der Waals surface area contributed by atoms with Crippen LogP contribution in [-0.2, 0) is 22.9 Å². The molecule has 0 spiro atoms. The number of ether oxygens (including phenoxy) is 2. The quantitative estimate of drug-likeness (QED) is 0.347. The molecule has 0 saturated heterocycles. The van der Waals surface area contributed by atoms with E-state index < -0.39 is 15.9 Å². The minimum absolute atomic E-state index is 0.117. The van der Waals surface area contributed by atoms with Crippen LogP contribution < -0.4 is 19.1 Å². The number of carbonyl (C=O) groups is 1. The van der Waals surface area contributed by atoms with E-state index in [4.69, 9.17) is 9.47 Å². The van der Waals surface area contributed by atoms with E-state index in [1.807, 2.05) is 43.3 Å². The predicted molar refractivity (Wildman–Crippen MR) is 148 cm³/mol. The van der Waals surface area contributed by atoms with Crippen LogP contribution in [0.25, 0.3) is 0 Å². The fraction of sp³-hybridized carbons (Fsp3) is 0.172. The van der Waals surface area contributed by atoms with Crippen LogP contribution in [0.2, 0.25) is 0 Å². The van der Waals surface area contributed by atoms with Crippen molar-refractivity contribution in [3.05, 3.63) is 99.4 Å². The highest BCUT2D eigenvalue weighted by Crippen LogP contribution is 2.37. The number of rotatable bonds is 6. The van der Waals surface area contributed by atoms with Crippen LogP contribution in [-0.4, -0.2) is 27.7 Å². The van der Waals surface area contributed by atoms with Gasteiger partial charge in [0.25, 0.3) is 15.9 Å². The van der Waals surface area contributed by atoms with Gasteiger partial charge in [-0.15, -0.1) is 11.3 Å². The van der Waals surface area contributed by atoms with Crippen LogP contribution in [0, 0.1) is 18.3 Å². The fourth-order valence-electron chi connectivity index (χ4n) is 4.83. The van der Waals surface area contributed by atoms with Gasteiger partial charge in [0, 0.05) is 23.4 Å². The molecular weight excluding hydrogens is 534 g/mol. The van der Waals surface area contributed by atoms with E-state index >= 15 is 0 Å². The first-order chi connectivity index (χ1) is 18.8. The van der Waals surface area contributed by atoms with Crippen LogP contribution in [0.1, 0.15) is 37.5 Å². The molecular formula is C29H23N3O5S2. The van der Waals surface area contributed by atoms with E-state index in [9.17, 15) is 18.5 Å². The lowest BCUT2D eigenvalue weighted by Gasteiger charge is -2.19. The zero-order valence-corrected chi connectivity index (χ0v) is 22.6. The second-order valence-electron chi connectivity index (χ2n) is 9.26. The number of amides is 1. The summed E-state index contributed by atoms with van der Waals surface area (Å²) in [5.74, 6) is 0.976. The lowest BCUT2D eigenvalue weighted by Crippen LogP contribution is -2.29. The van der Waals surface area contributed by atoms with Gasteiger partial charge in [0.2, 0.25) is 6.79 Å². The lowest BCUT2D eigenvalue weighted by atomic mass is 10.1. The summed E-state index contributed by atoms with van der Waals surface area (Å²) in [6.45, 7) is 2.45. The number of para-hydroxylation sites is 1. The molecule has 3 aromatic carbocycles. The Hall–Kier alpha value is -4.33. The number of nitriles is 1. The maximum atomic E-state index is 13.3. The Balaban J connectivity index is 1.20. The molecule has 196 valence electrons. The Morgan fingerprint density at radius 3 is 2.64 bits per heavy atom. The van der Waals surface area contributed by atoms with Crippen LogP contribution in [0.3, 0.4) is 0 Å². The van der Waals surface area contributed by atoms with Gasteiger partial charge in [0.1, 0.15) is 11.1 Å². The number of fused-ring (bicyclic) bond motifs is 2. The molecule has 6 rings (SSSR count). The van der Waals surface area contributed by atoms with Crippen LogP contribution in [0.5, 0.6) is 11.5 Å². The van der Waals surface area contributed by atoms with Gasteiger partial charge in [0.15, 0.2) is 11.5 Å². The van der Waals surface area contributed by atoms with Crippen LogP contribution >= 0.6 is 11.3 Å². The number of nitrogens with one attached hydrogen (secondary N) is 1. The number of hydrogen-bond acceptors (Lipinski definition) is 7. The number of hydrogen-bond donors (Lipinski definition) is 1. The zero-order chi connectivity index (χ0) is 27.1. The van der Waals surface area contributed by atoms with Crippen molar-refractivity contribution >= 4 is 38.0 Å². The van der Waals surface area contributed by atoms with E-state index in [1.54, 1.807) is 6.07 Å². The molecule has 0 bridgehead atoms. The van der Waals surface area contributed by atoms with Crippen molar-refractivity contribution < 1.29 is 22.7 Å². The monoisotopic (exact) mass is 557 g/mol. The highest BCUT2D eigenvalue weighted by atomic mass is 32.2. The molecule has 39 heavy (non-hydrogen) atoms. The molecule has 4 aromatic rings. The summed E-state index contributed by atoms with van der Waals surface area (Å²) in [6.07, 6.45) is 1.23. The second kappa shape index (κ2) is 9.76. The summed E-state index contributed by atoms with van der Waals surface area (Å²) in [4.78, 5) is 14.1. The third-order valence-corrected chi connectivity index (χ3v) is 9.97.